The molecular weight excluding hydrogens is 332 g/mol. The van der Waals surface area contributed by atoms with Gasteiger partial charge in [0.1, 0.15) is 0 Å². The van der Waals surface area contributed by atoms with Gasteiger partial charge in [-0.05, 0) is 43.7 Å². The number of nitrogens with zero attached hydrogens (tertiary/aromatic N) is 1. The first-order valence-electron chi connectivity index (χ1n) is 9.33. The number of hydrogen-bond acceptors (Lipinski definition) is 4. The Morgan fingerprint density at radius 2 is 2.00 bits per heavy atom. The number of para-hydroxylation sites is 1. The Morgan fingerprint density at radius 3 is 2.69 bits per heavy atom. The van der Waals surface area contributed by atoms with Crippen molar-refractivity contribution in [1.29, 1.82) is 0 Å². The van der Waals surface area contributed by atoms with Crippen LogP contribution in [-0.2, 0) is 19.1 Å². The lowest BCUT2D eigenvalue weighted by molar-refractivity contribution is -0.153. The van der Waals surface area contributed by atoms with E-state index in [2.05, 4.69) is 19.2 Å². The maximum Gasteiger partial charge on any atom is 0.313 e. The van der Waals surface area contributed by atoms with Gasteiger partial charge in [0.15, 0.2) is 0 Å². The zero-order valence-electron chi connectivity index (χ0n) is 15.8. The molecule has 26 heavy (non-hydrogen) atoms. The predicted molar refractivity (Wildman–Crippen MR) is 99.7 cm³/mol. The number of nitrogens with one attached hydrogen (secondary N) is 1. The van der Waals surface area contributed by atoms with Crippen molar-refractivity contribution in [2.45, 2.75) is 46.0 Å². The second-order valence-electron chi connectivity index (χ2n) is 6.69. The Morgan fingerprint density at radius 1 is 1.27 bits per heavy atom. The third-order valence-corrected chi connectivity index (χ3v) is 4.88. The lowest BCUT2D eigenvalue weighted by Crippen LogP contribution is -2.47. The van der Waals surface area contributed by atoms with Crippen molar-refractivity contribution in [3.63, 3.8) is 0 Å². The number of piperidine rings is 1. The first-order chi connectivity index (χ1) is 12.5. The quantitative estimate of drug-likeness (QED) is 0.647. The summed E-state index contributed by atoms with van der Waals surface area (Å²) in [6, 6.07) is 7.54. The molecule has 2 atom stereocenters. The van der Waals surface area contributed by atoms with Gasteiger partial charge in [0.05, 0.1) is 12.5 Å². The van der Waals surface area contributed by atoms with E-state index >= 15 is 0 Å². The Bertz CT molecular complexity index is 659. The lowest BCUT2D eigenvalue weighted by atomic mass is 9.96. The zero-order chi connectivity index (χ0) is 19.1. The molecule has 1 aliphatic rings. The van der Waals surface area contributed by atoms with Gasteiger partial charge < -0.3 is 15.0 Å². The summed E-state index contributed by atoms with van der Waals surface area (Å²) in [6.07, 6.45) is 2.31. The van der Waals surface area contributed by atoms with Crippen LogP contribution >= 0.6 is 0 Å². The number of hydrogen-bond donors (Lipinski definition) is 1. The van der Waals surface area contributed by atoms with Crippen molar-refractivity contribution in [2.75, 3.05) is 25.0 Å². The highest BCUT2D eigenvalue weighted by Gasteiger charge is 2.32. The molecule has 2 unspecified atom stereocenters. The first kappa shape index (κ1) is 19.9. The molecular formula is C20H28N2O4. The van der Waals surface area contributed by atoms with Gasteiger partial charge in [0.25, 0.3) is 0 Å². The largest absolute Gasteiger partial charge is 0.466 e. The van der Waals surface area contributed by atoms with E-state index in [-0.39, 0.29) is 24.3 Å². The summed E-state index contributed by atoms with van der Waals surface area (Å²) in [5, 5.41) is 2.75. The molecule has 1 aliphatic heterocycles. The molecule has 1 saturated heterocycles. The molecule has 2 amide bonds. The molecule has 0 spiro atoms. The first-order valence-corrected chi connectivity index (χ1v) is 9.33. The van der Waals surface area contributed by atoms with Crippen LogP contribution in [0.1, 0.15) is 51.5 Å². The molecule has 142 valence electrons. The van der Waals surface area contributed by atoms with Crippen LogP contribution in [0, 0.1) is 5.92 Å². The molecule has 0 radical (unpaired) electrons. The van der Waals surface area contributed by atoms with Crippen molar-refractivity contribution < 1.29 is 19.1 Å². The minimum Gasteiger partial charge on any atom is -0.466 e. The molecule has 1 aromatic carbocycles. The summed E-state index contributed by atoms with van der Waals surface area (Å²) >= 11 is 0. The molecule has 0 aromatic heterocycles. The average Bonchev–Trinajstić information content (AvgIpc) is 2.67. The van der Waals surface area contributed by atoms with Gasteiger partial charge >= 0.3 is 17.8 Å². The normalized spacial score (nSPS) is 18.1. The maximum absolute atomic E-state index is 12.5. The second kappa shape index (κ2) is 9.36. The SMILES string of the molecule is CCOC(=O)C1CCCN(C(=O)C(=O)Nc2ccccc2C(C)CC)C1. The van der Waals surface area contributed by atoms with Crippen LogP contribution in [0.3, 0.4) is 0 Å². The number of ether oxygens (including phenoxy) is 1. The Hall–Kier alpha value is -2.37. The third kappa shape index (κ3) is 4.84. The average molecular weight is 360 g/mol. The summed E-state index contributed by atoms with van der Waals surface area (Å²) in [5.74, 6) is -1.63. The monoisotopic (exact) mass is 360 g/mol. The number of rotatable bonds is 5. The summed E-state index contributed by atoms with van der Waals surface area (Å²) in [4.78, 5) is 38.4. The Labute approximate surface area is 154 Å². The third-order valence-electron chi connectivity index (χ3n) is 4.88. The van der Waals surface area contributed by atoms with E-state index in [4.69, 9.17) is 4.74 Å². The van der Waals surface area contributed by atoms with Crippen molar-refractivity contribution in [3.05, 3.63) is 29.8 Å². The molecule has 2 rings (SSSR count). The van der Waals surface area contributed by atoms with Crippen molar-refractivity contribution in [2.24, 2.45) is 5.92 Å². The fourth-order valence-electron chi connectivity index (χ4n) is 3.19. The Balaban J connectivity index is 2.04. The predicted octanol–water partition coefficient (Wildman–Crippen LogP) is 2.94. The maximum atomic E-state index is 12.5. The zero-order valence-corrected chi connectivity index (χ0v) is 15.8. The van der Waals surface area contributed by atoms with E-state index in [1.165, 1.54) is 4.90 Å². The van der Waals surface area contributed by atoms with Crippen LogP contribution in [0.25, 0.3) is 0 Å². The van der Waals surface area contributed by atoms with Crippen LogP contribution in [0.5, 0.6) is 0 Å². The van der Waals surface area contributed by atoms with E-state index in [9.17, 15) is 14.4 Å². The van der Waals surface area contributed by atoms with Gasteiger partial charge in [-0.15, -0.1) is 0 Å². The lowest BCUT2D eigenvalue weighted by Gasteiger charge is -2.31. The van der Waals surface area contributed by atoms with E-state index in [1.807, 2.05) is 24.3 Å². The highest BCUT2D eigenvalue weighted by Crippen LogP contribution is 2.26. The number of carbonyl (C=O) groups is 3. The number of benzene rings is 1. The van der Waals surface area contributed by atoms with Crippen LogP contribution in [0.4, 0.5) is 5.69 Å². The molecule has 0 saturated carbocycles. The number of carbonyl (C=O) groups excluding carboxylic acids is 3. The minimum atomic E-state index is -0.662. The highest BCUT2D eigenvalue weighted by atomic mass is 16.5. The molecule has 0 bridgehead atoms. The molecule has 1 aromatic rings. The van der Waals surface area contributed by atoms with E-state index < -0.39 is 11.8 Å². The van der Waals surface area contributed by atoms with Gasteiger partial charge in [-0.2, -0.15) is 0 Å². The molecule has 6 nitrogen and oxygen atoms in total. The number of amides is 2. The van der Waals surface area contributed by atoms with Gasteiger partial charge in [-0.1, -0.05) is 32.0 Å². The molecule has 1 heterocycles. The smallest absolute Gasteiger partial charge is 0.313 e. The van der Waals surface area contributed by atoms with E-state index in [0.29, 0.717) is 31.7 Å². The van der Waals surface area contributed by atoms with Crippen molar-refractivity contribution in [1.82, 2.24) is 4.90 Å². The molecule has 6 heteroatoms. The van der Waals surface area contributed by atoms with Crippen molar-refractivity contribution in [3.8, 4) is 0 Å². The fraction of sp³-hybridized carbons (Fsp3) is 0.550. The fourth-order valence-corrected chi connectivity index (χ4v) is 3.19. The minimum absolute atomic E-state index is 0.234. The van der Waals surface area contributed by atoms with E-state index in [1.54, 1.807) is 6.92 Å². The summed E-state index contributed by atoms with van der Waals surface area (Å²) < 4.78 is 5.04. The van der Waals surface area contributed by atoms with Crippen molar-refractivity contribution >= 4 is 23.5 Å². The Kier molecular flexibility index (Phi) is 7.18. The number of anilines is 1. The number of esters is 1. The van der Waals surface area contributed by atoms with E-state index in [0.717, 1.165) is 12.0 Å². The summed E-state index contributed by atoms with van der Waals surface area (Å²) in [5.41, 5.74) is 1.68. The molecule has 1 fully saturated rings. The summed E-state index contributed by atoms with van der Waals surface area (Å²) in [7, 11) is 0. The van der Waals surface area contributed by atoms with Gasteiger partial charge in [0, 0.05) is 18.8 Å². The van der Waals surface area contributed by atoms with Crippen LogP contribution < -0.4 is 5.32 Å². The topological polar surface area (TPSA) is 75.7 Å². The highest BCUT2D eigenvalue weighted by molar-refractivity contribution is 6.39. The standard InChI is InChI=1S/C20H28N2O4/c1-4-14(3)16-10-6-7-11-17(16)21-18(23)19(24)22-12-8-9-15(13-22)20(25)26-5-2/h6-7,10-11,14-15H,4-5,8-9,12-13H2,1-3H3,(H,21,23). The molecule has 0 aliphatic carbocycles. The van der Waals surface area contributed by atoms with Gasteiger partial charge in [0.2, 0.25) is 0 Å². The number of likely N-dealkylation sites (tertiary alicyclic amines) is 1. The van der Waals surface area contributed by atoms with Crippen LogP contribution in [0.15, 0.2) is 24.3 Å². The second-order valence-corrected chi connectivity index (χ2v) is 6.69. The van der Waals surface area contributed by atoms with Gasteiger partial charge in [-0.25, -0.2) is 0 Å². The molecule has 1 N–H and O–H groups in total. The summed E-state index contributed by atoms with van der Waals surface area (Å²) in [6.45, 7) is 6.95. The van der Waals surface area contributed by atoms with Crippen LogP contribution in [0.2, 0.25) is 0 Å². The van der Waals surface area contributed by atoms with Crippen LogP contribution in [-0.4, -0.2) is 42.4 Å². The van der Waals surface area contributed by atoms with Gasteiger partial charge in [-0.3, -0.25) is 14.4 Å².